The third-order valence-electron chi connectivity index (χ3n) is 2.98. The molecule has 0 aliphatic rings. The van der Waals surface area contributed by atoms with Crippen LogP contribution in [0.2, 0.25) is 0 Å². The summed E-state index contributed by atoms with van der Waals surface area (Å²) in [5.74, 6) is -0.371. The molecule has 0 radical (unpaired) electrons. The number of aromatic nitrogens is 2. The summed E-state index contributed by atoms with van der Waals surface area (Å²) in [5, 5.41) is 3.80. The van der Waals surface area contributed by atoms with Crippen LogP contribution in [-0.2, 0) is 0 Å². The number of nitrogens with zero attached hydrogens (tertiary/aromatic N) is 1. The molecule has 2 aromatic rings. The van der Waals surface area contributed by atoms with Gasteiger partial charge in [-0.25, -0.2) is 4.98 Å². The van der Waals surface area contributed by atoms with E-state index in [9.17, 15) is 9.59 Å². The fraction of sp³-hybridized carbons (Fsp3) is 0.357. The first kappa shape index (κ1) is 14.5. The van der Waals surface area contributed by atoms with Crippen LogP contribution in [0, 0.1) is 20.8 Å². The first-order valence-corrected chi connectivity index (χ1v) is 7.15. The molecule has 2 rings (SSSR count). The topological polar surface area (TPSA) is 74.8 Å². The van der Waals surface area contributed by atoms with Gasteiger partial charge in [0.25, 0.3) is 11.5 Å². The summed E-state index contributed by atoms with van der Waals surface area (Å²) < 4.78 is 0. The molecule has 2 heterocycles. The molecule has 2 N–H and O–H groups in total. The molecular weight excluding hydrogens is 274 g/mol. The molecule has 1 atom stereocenters. The third-order valence-corrected chi connectivity index (χ3v) is 4.24. The molecule has 20 heavy (non-hydrogen) atoms. The van der Waals surface area contributed by atoms with Crippen molar-refractivity contribution in [1.82, 2.24) is 15.3 Å². The van der Waals surface area contributed by atoms with E-state index in [1.165, 1.54) is 0 Å². The second kappa shape index (κ2) is 5.58. The van der Waals surface area contributed by atoms with E-state index in [2.05, 4.69) is 15.3 Å². The number of amides is 1. The molecule has 1 amide bonds. The minimum Gasteiger partial charge on any atom is -0.344 e. The van der Waals surface area contributed by atoms with Crippen LogP contribution in [0.25, 0.3) is 0 Å². The molecule has 0 aliphatic heterocycles. The third kappa shape index (κ3) is 2.96. The number of aryl methyl sites for hydroxylation is 3. The van der Waals surface area contributed by atoms with Crippen molar-refractivity contribution in [2.45, 2.75) is 33.7 Å². The van der Waals surface area contributed by atoms with Crippen LogP contribution < -0.4 is 10.9 Å². The van der Waals surface area contributed by atoms with E-state index in [-0.39, 0.29) is 23.1 Å². The number of carbonyl (C=O) groups is 1. The number of H-pyrrole nitrogens is 1. The lowest BCUT2D eigenvalue weighted by atomic mass is 10.2. The maximum atomic E-state index is 12.1. The van der Waals surface area contributed by atoms with Crippen molar-refractivity contribution >= 4 is 17.2 Å². The van der Waals surface area contributed by atoms with Crippen LogP contribution in [0.4, 0.5) is 0 Å². The standard InChI is InChI=1S/C14H17N3O2S/c1-7-5-6-11(13(18)15-7)14(19)17-9(3)12-8(2)16-10(4)20-12/h5-6,9H,1-4H3,(H,15,18)(H,17,19)/t9-/m1/s1. The second-order valence-electron chi connectivity index (χ2n) is 4.76. The summed E-state index contributed by atoms with van der Waals surface area (Å²) >= 11 is 1.55. The lowest BCUT2D eigenvalue weighted by Crippen LogP contribution is -2.31. The van der Waals surface area contributed by atoms with Gasteiger partial charge in [0.1, 0.15) is 5.56 Å². The van der Waals surface area contributed by atoms with E-state index >= 15 is 0 Å². The van der Waals surface area contributed by atoms with Gasteiger partial charge < -0.3 is 10.3 Å². The summed E-state index contributed by atoms with van der Waals surface area (Å²) in [7, 11) is 0. The highest BCUT2D eigenvalue weighted by atomic mass is 32.1. The van der Waals surface area contributed by atoms with Crippen molar-refractivity contribution < 1.29 is 4.79 Å². The van der Waals surface area contributed by atoms with Gasteiger partial charge in [-0.05, 0) is 39.8 Å². The lowest BCUT2D eigenvalue weighted by Gasteiger charge is -2.12. The van der Waals surface area contributed by atoms with Crippen molar-refractivity contribution in [2.75, 3.05) is 0 Å². The predicted molar refractivity (Wildman–Crippen MR) is 79.3 cm³/mol. The van der Waals surface area contributed by atoms with Gasteiger partial charge in [0.15, 0.2) is 0 Å². The second-order valence-corrected chi connectivity index (χ2v) is 6.00. The molecule has 0 bridgehead atoms. The Labute approximate surface area is 121 Å². The zero-order valence-electron chi connectivity index (χ0n) is 11.9. The highest BCUT2D eigenvalue weighted by Crippen LogP contribution is 2.24. The molecule has 0 aliphatic carbocycles. The fourth-order valence-electron chi connectivity index (χ4n) is 2.04. The Hall–Kier alpha value is -1.95. The predicted octanol–water partition coefficient (Wildman–Crippen LogP) is 2.25. The summed E-state index contributed by atoms with van der Waals surface area (Å²) in [6.45, 7) is 7.51. The van der Waals surface area contributed by atoms with Crippen molar-refractivity contribution in [3.8, 4) is 0 Å². The highest BCUT2D eigenvalue weighted by molar-refractivity contribution is 7.11. The van der Waals surface area contributed by atoms with Crippen molar-refractivity contribution in [3.63, 3.8) is 0 Å². The van der Waals surface area contributed by atoms with Crippen molar-refractivity contribution in [2.24, 2.45) is 0 Å². The Morgan fingerprint density at radius 2 is 2.05 bits per heavy atom. The Morgan fingerprint density at radius 1 is 1.35 bits per heavy atom. The molecular formula is C14H17N3O2S. The minimum absolute atomic E-state index is 0.126. The summed E-state index contributed by atoms with van der Waals surface area (Å²) in [4.78, 5) is 31.9. The normalized spacial score (nSPS) is 12.2. The molecule has 0 aromatic carbocycles. The van der Waals surface area contributed by atoms with E-state index in [1.54, 1.807) is 30.4 Å². The van der Waals surface area contributed by atoms with Gasteiger partial charge in [-0.2, -0.15) is 0 Å². The van der Waals surface area contributed by atoms with Gasteiger partial charge in [0.2, 0.25) is 0 Å². The smallest absolute Gasteiger partial charge is 0.260 e. The van der Waals surface area contributed by atoms with E-state index in [0.29, 0.717) is 0 Å². The van der Waals surface area contributed by atoms with Crippen molar-refractivity contribution in [3.05, 3.63) is 49.3 Å². The number of pyridine rings is 1. The average molecular weight is 291 g/mol. The number of hydrogen-bond donors (Lipinski definition) is 2. The fourth-order valence-corrected chi connectivity index (χ4v) is 2.97. The Morgan fingerprint density at radius 3 is 2.60 bits per heavy atom. The number of aromatic amines is 1. The number of thiazole rings is 1. The number of rotatable bonds is 3. The summed E-state index contributed by atoms with van der Waals surface area (Å²) in [6.07, 6.45) is 0. The van der Waals surface area contributed by atoms with Gasteiger partial charge in [-0.3, -0.25) is 9.59 Å². The zero-order valence-corrected chi connectivity index (χ0v) is 12.7. The molecule has 6 heteroatoms. The number of hydrogen-bond acceptors (Lipinski definition) is 4. The largest absolute Gasteiger partial charge is 0.344 e. The summed E-state index contributed by atoms with van der Waals surface area (Å²) in [5.41, 5.74) is 1.40. The molecule has 0 unspecified atom stereocenters. The average Bonchev–Trinajstić information content (AvgIpc) is 2.68. The Bertz CT molecular complexity index is 703. The van der Waals surface area contributed by atoms with E-state index < -0.39 is 0 Å². The monoisotopic (exact) mass is 291 g/mol. The molecule has 0 saturated carbocycles. The van der Waals surface area contributed by atoms with Crippen LogP contribution in [0.1, 0.15) is 44.6 Å². The molecule has 106 valence electrons. The van der Waals surface area contributed by atoms with E-state index in [4.69, 9.17) is 0 Å². The lowest BCUT2D eigenvalue weighted by molar-refractivity contribution is 0.0939. The Kier molecular flexibility index (Phi) is 4.04. The van der Waals surface area contributed by atoms with E-state index in [1.807, 2.05) is 20.8 Å². The maximum absolute atomic E-state index is 12.1. The maximum Gasteiger partial charge on any atom is 0.260 e. The molecule has 5 nitrogen and oxygen atoms in total. The molecule has 0 spiro atoms. The zero-order chi connectivity index (χ0) is 14.9. The molecule has 0 fully saturated rings. The van der Waals surface area contributed by atoms with Crippen LogP contribution in [0.5, 0.6) is 0 Å². The van der Waals surface area contributed by atoms with Crippen LogP contribution in [-0.4, -0.2) is 15.9 Å². The van der Waals surface area contributed by atoms with Gasteiger partial charge in [0, 0.05) is 10.6 Å². The molecule has 2 aromatic heterocycles. The van der Waals surface area contributed by atoms with Gasteiger partial charge in [-0.15, -0.1) is 11.3 Å². The van der Waals surface area contributed by atoms with Crippen LogP contribution in [0.15, 0.2) is 16.9 Å². The first-order valence-electron chi connectivity index (χ1n) is 6.33. The highest BCUT2D eigenvalue weighted by Gasteiger charge is 2.17. The SMILES string of the molecule is Cc1ccc(C(=O)N[C@H](C)c2sc(C)nc2C)c(=O)[nH]1. The van der Waals surface area contributed by atoms with E-state index in [0.717, 1.165) is 21.3 Å². The minimum atomic E-state index is -0.371. The number of carbonyl (C=O) groups excluding carboxylic acids is 1. The summed E-state index contributed by atoms with van der Waals surface area (Å²) in [6, 6.07) is 3.08. The number of nitrogens with one attached hydrogen (secondary N) is 2. The van der Waals surface area contributed by atoms with Gasteiger partial charge in [-0.1, -0.05) is 0 Å². The van der Waals surface area contributed by atoms with Crippen molar-refractivity contribution in [1.29, 1.82) is 0 Å². The van der Waals surface area contributed by atoms with Crippen LogP contribution >= 0.6 is 11.3 Å². The quantitative estimate of drug-likeness (QED) is 0.910. The Balaban J connectivity index is 2.19. The van der Waals surface area contributed by atoms with Crippen LogP contribution in [0.3, 0.4) is 0 Å². The first-order chi connectivity index (χ1) is 9.38. The van der Waals surface area contributed by atoms with Gasteiger partial charge in [0.05, 0.1) is 16.7 Å². The van der Waals surface area contributed by atoms with Gasteiger partial charge >= 0.3 is 0 Å². The molecule has 0 saturated heterocycles.